The summed E-state index contributed by atoms with van der Waals surface area (Å²) in [5.74, 6) is 3.25. The quantitative estimate of drug-likeness (QED) is 0.722. The third-order valence-corrected chi connectivity index (χ3v) is 5.47. The molecule has 0 saturated heterocycles. The molecule has 1 heterocycles. The van der Waals surface area contributed by atoms with Gasteiger partial charge in [0.05, 0.1) is 11.9 Å². The first-order valence-corrected chi connectivity index (χ1v) is 8.88. The van der Waals surface area contributed by atoms with Crippen molar-refractivity contribution >= 4 is 17.4 Å². The van der Waals surface area contributed by atoms with Gasteiger partial charge in [-0.25, -0.2) is 4.98 Å². The molecule has 4 N–H and O–H groups in total. The second-order valence-corrected chi connectivity index (χ2v) is 7.14. The molecule has 126 valence electrons. The molecule has 1 aromatic heterocycles. The Hall–Kier alpha value is -1.62. The summed E-state index contributed by atoms with van der Waals surface area (Å²) in [6.07, 6.45) is 8.61. The number of nitrogens with zero attached hydrogens (tertiary/aromatic N) is 1. The van der Waals surface area contributed by atoms with E-state index in [4.69, 9.17) is 5.73 Å². The predicted octanol–water partition coefficient (Wildman–Crippen LogP) is 3.00. The largest absolute Gasteiger partial charge is 0.381 e. The van der Waals surface area contributed by atoms with E-state index in [1.54, 1.807) is 0 Å². The average molecular weight is 316 g/mol. The molecule has 4 atom stereocenters. The second-order valence-electron chi connectivity index (χ2n) is 7.14. The van der Waals surface area contributed by atoms with E-state index in [1.807, 2.05) is 18.3 Å². The van der Waals surface area contributed by atoms with Crippen LogP contribution in [-0.4, -0.2) is 23.5 Å². The van der Waals surface area contributed by atoms with Gasteiger partial charge in [-0.2, -0.15) is 0 Å². The number of nitrogens with two attached hydrogens (primary N) is 1. The van der Waals surface area contributed by atoms with Gasteiger partial charge >= 0.3 is 0 Å². The van der Waals surface area contributed by atoms with Crippen molar-refractivity contribution in [2.24, 2.45) is 23.5 Å². The minimum Gasteiger partial charge on any atom is -0.381 e. The molecule has 4 unspecified atom stereocenters. The molecular formula is C18H28N4O. The van der Waals surface area contributed by atoms with E-state index in [0.717, 1.165) is 23.4 Å². The number of nitrogens with one attached hydrogen (secondary N) is 2. The molecule has 5 nitrogen and oxygen atoms in total. The van der Waals surface area contributed by atoms with Crippen LogP contribution in [-0.2, 0) is 4.79 Å². The molecule has 2 aliphatic rings. The van der Waals surface area contributed by atoms with E-state index in [-0.39, 0.29) is 5.91 Å². The van der Waals surface area contributed by atoms with Gasteiger partial charge in [-0.3, -0.25) is 4.79 Å². The van der Waals surface area contributed by atoms with Gasteiger partial charge in [0.15, 0.2) is 0 Å². The Balaban J connectivity index is 1.50. The van der Waals surface area contributed by atoms with Crippen molar-refractivity contribution < 1.29 is 4.79 Å². The first kappa shape index (κ1) is 16.2. The molecule has 1 amide bonds. The molecule has 3 rings (SSSR count). The summed E-state index contributed by atoms with van der Waals surface area (Å²) in [6, 6.07) is 4.34. The number of carbonyl (C=O) groups is 1. The minimum atomic E-state index is -0.0287. The van der Waals surface area contributed by atoms with Crippen molar-refractivity contribution in [1.29, 1.82) is 0 Å². The van der Waals surface area contributed by atoms with Crippen LogP contribution in [0, 0.1) is 17.8 Å². The van der Waals surface area contributed by atoms with Crippen LogP contribution in [0.2, 0.25) is 0 Å². The number of fused-ring (bicyclic) bond motifs is 2. The molecule has 0 aliphatic heterocycles. The molecule has 23 heavy (non-hydrogen) atoms. The number of pyridine rings is 1. The Bertz CT molecular complexity index is 530. The van der Waals surface area contributed by atoms with E-state index in [2.05, 4.69) is 22.5 Å². The number of aromatic nitrogens is 1. The lowest BCUT2D eigenvalue weighted by Gasteiger charge is -2.29. The molecule has 2 bridgehead atoms. The number of hydrogen-bond donors (Lipinski definition) is 3. The van der Waals surface area contributed by atoms with Crippen LogP contribution >= 0.6 is 0 Å². The first-order valence-electron chi connectivity index (χ1n) is 8.88. The van der Waals surface area contributed by atoms with Gasteiger partial charge in [0.25, 0.3) is 0 Å². The highest BCUT2D eigenvalue weighted by atomic mass is 16.1. The van der Waals surface area contributed by atoms with Crippen molar-refractivity contribution in [2.45, 2.75) is 51.5 Å². The molecule has 2 saturated carbocycles. The Morgan fingerprint density at radius 1 is 1.39 bits per heavy atom. The molecule has 2 fully saturated rings. The maximum Gasteiger partial charge on any atom is 0.225 e. The number of rotatable bonds is 7. The predicted molar refractivity (Wildman–Crippen MR) is 93.2 cm³/mol. The maximum atomic E-state index is 11.7. The molecular weight excluding hydrogens is 288 g/mol. The van der Waals surface area contributed by atoms with Crippen LogP contribution in [0.5, 0.6) is 0 Å². The number of amides is 1. The molecule has 0 radical (unpaired) electrons. The van der Waals surface area contributed by atoms with E-state index in [0.29, 0.717) is 31.2 Å². The van der Waals surface area contributed by atoms with Gasteiger partial charge < -0.3 is 16.4 Å². The van der Waals surface area contributed by atoms with Crippen molar-refractivity contribution in [1.82, 2.24) is 4.98 Å². The number of carbonyl (C=O) groups excluding carboxylic acids is 1. The van der Waals surface area contributed by atoms with Crippen molar-refractivity contribution in [3.05, 3.63) is 18.3 Å². The summed E-state index contributed by atoms with van der Waals surface area (Å²) >= 11 is 0. The Morgan fingerprint density at radius 2 is 2.26 bits per heavy atom. The van der Waals surface area contributed by atoms with Gasteiger partial charge in [-0.15, -0.1) is 0 Å². The zero-order chi connectivity index (χ0) is 16.2. The third-order valence-electron chi connectivity index (χ3n) is 5.47. The summed E-state index contributed by atoms with van der Waals surface area (Å²) in [5, 5.41) is 6.39. The normalized spacial score (nSPS) is 27.0. The Labute approximate surface area is 138 Å². The van der Waals surface area contributed by atoms with Gasteiger partial charge in [0.2, 0.25) is 5.91 Å². The highest BCUT2D eigenvalue weighted by Crippen LogP contribution is 2.49. The van der Waals surface area contributed by atoms with Gasteiger partial charge in [-0.05, 0) is 69.0 Å². The zero-order valence-electron chi connectivity index (χ0n) is 13.9. The number of anilines is 2. The number of hydrogen-bond acceptors (Lipinski definition) is 4. The maximum absolute atomic E-state index is 11.7. The summed E-state index contributed by atoms with van der Waals surface area (Å²) in [6.45, 7) is 2.82. The van der Waals surface area contributed by atoms with Crippen molar-refractivity contribution in [3.63, 3.8) is 0 Å². The Kier molecular flexibility index (Phi) is 5.16. The lowest BCUT2D eigenvalue weighted by molar-refractivity contribution is -0.116. The second kappa shape index (κ2) is 7.30. The summed E-state index contributed by atoms with van der Waals surface area (Å²) in [4.78, 5) is 16.0. The van der Waals surface area contributed by atoms with Crippen molar-refractivity contribution in [3.8, 4) is 0 Å². The molecule has 0 spiro atoms. The summed E-state index contributed by atoms with van der Waals surface area (Å²) in [5.41, 5.74) is 6.43. The highest BCUT2D eigenvalue weighted by molar-refractivity contribution is 5.89. The minimum absolute atomic E-state index is 0.0287. The summed E-state index contributed by atoms with van der Waals surface area (Å²) < 4.78 is 0. The molecule has 1 aromatic rings. The lowest BCUT2D eigenvalue weighted by atomic mass is 9.84. The van der Waals surface area contributed by atoms with Crippen LogP contribution in [0.15, 0.2) is 18.3 Å². The molecule has 5 heteroatoms. The van der Waals surface area contributed by atoms with Crippen LogP contribution in [0.1, 0.15) is 45.4 Å². The zero-order valence-corrected chi connectivity index (χ0v) is 13.9. The standard InChI is InChI=1S/C18H28N4O/c1-12(16-10-13-4-5-14(16)9-13)21-15-6-7-17(20-11-15)22-18(23)3-2-8-19/h6-7,11-14,16,21H,2-5,8-10,19H2,1H3,(H,20,22,23). The van der Waals surface area contributed by atoms with Crippen LogP contribution < -0.4 is 16.4 Å². The monoisotopic (exact) mass is 316 g/mol. The topological polar surface area (TPSA) is 80.0 Å². The lowest BCUT2D eigenvalue weighted by Crippen LogP contribution is -2.29. The van der Waals surface area contributed by atoms with Gasteiger partial charge in [-0.1, -0.05) is 6.42 Å². The van der Waals surface area contributed by atoms with Crippen LogP contribution in [0.3, 0.4) is 0 Å². The SMILES string of the molecule is CC(Nc1ccc(NC(=O)CCCN)nc1)C1CC2CCC1C2. The Morgan fingerprint density at radius 3 is 2.87 bits per heavy atom. The van der Waals surface area contributed by atoms with Gasteiger partial charge in [0, 0.05) is 12.5 Å². The van der Waals surface area contributed by atoms with E-state index < -0.39 is 0 Å². The highest BCUT2D eigenvalue weighted by Gasteiger charge is 2.41. The van der Waals surface area contributed by atoms with Crippen molar-refractivity contribution in [2.75, 3.05) is 17.2 Å². The summed E-state index contributed by atoms with van der Waals surface area (Å²) in [7, 11) is 0. The van der Waals surface area contributed by atoms with Gasteiger partial charge in [0.1, 0.15) is 5.82 Å². The van der Waals surface area contributed by atoms with Crippen LogP contribution in [0.25, 0.3) is 0 Å². The fraction of sp³-hybridized carbons (Fsp3) is 0.667. The molecule has 2 aliphatic carbocycles. The van der Waals surface area contributed by atoms with Crippen LogP contribution in [0.4, 0.5) is 11.5 Å². The van der Waals surface area contributed by atoms with E-state index in [1.165, 1.54) is 25.7 Å². The first-order chi connectivity index (χ1) is 11.2. The third kappa shape index (κ3) is 4.02. The van der Waals surface area contributed by atoms with E-state index in [9.17, 15) is 4.79 Å². The van der Waals surface area contributed by atoms with E-state index >= 15 is 0 Å². The fourth-order valence-corrected chi connectivity index (χ4v) is 4.30. The average Bonchev–Trinajstić information content (AvgIpc) is 3.18. The smallest absolute Gasteiger partial charge is 0.225 e. The fourth-order valence-electron chi connectivity index (χ4n) is 4.30. The molecule has 0 aromatic carbocycles.